The summed E-state index contributed by atoms with van der Waals surface area (Å²) < 4.78 is 10.6. The zero-order chi connectivity index (χ0) is 42.7. The maximum atomic E-state index is 14.1. The van der Waals surface area contributed by atoms with E-state index in [1.165, 1.54) is 54.2 Å². The Balaban J connectivity index is 0.901. The lowest BCUT2D eigenvalue weighted by atomic mass is 9.81. The average Bonchev–Trinajstić information content (AvgIpc) is 4.14. The highest BCUT2D eigenvalue weighted by Crippen LogP contribution is 2.58. The topological polar surface area (TPSA) is 146 Å². The summed E-state index contributed by atoms with van der Waals surface area (Å²) in [5.74, 6) is 2.43. The Hall–Kier alpha value is -6.43. The lowest BCUT2D eigenvalue weighted by Crippen LogP contribution is -2.42. The molecule has 318 valence electrons. The first kappa shape index (κ1) is 39.7. The highest BCUT2D eigenvalue weighted by atomic mass is 16.6. The molecule has 2 saturated heterocycles. The minimum atomic E-state index is -0.871. The third-order valence-corrected chi connectivity index (χ3v) is 13.3. The van der Waals surface area contributed by atoms with Crippen LogP contribution in [0.25, 0.3) is 44.5 Å². The summed E-state index contributed by atoms with van der Waals surface area (Å²) in [6, 6.07) is 27.9. The van der Waals surface area contributed by atoms with E-state index in [2.05, 4.69) is 69.9 Å². The van der Waals surface area contributed by atoms with Crippen molar-refractivity contribution in [1.29, 1.82) is 0 Å². The van der Waals surface area contributed by atoms with Gasteiger partial charge < -0.3 is 29.7 Å². The summed E-state index contributed by atoms with van der Waals surface area (Å²) >= 11 is 0. The number of likely N-dealkylation sites (tertiary alicyclic amines) is 2. The number of fused-ring (bicyclic) bond motifs is 6. The van der Waals surface area contributed by atoms with E-state index in [-0.39, 0.29) is 24.1 Å². The van der Waals surface area contributed by atoms with E-state index in [1.807, 2.05) is 62.2 Å². The molecule has 4 heterocycles. The van der Waals surface area contributed by atoms with E-state index in [4.69, 9.17) is 19.4 Å². The van der Waals surface area contributed by atoms with Crippen molar-refractivity contribution in [2.24, 2.45) is 0 Å². The molecule has 4 aliphatic rings. The number of benzene rings is 4. The molecule has 12 heteroatoms. The van der Waals surface area contributed by atoms with Crippen LogP contribution in [-0.2, 0) is 14.3 Å². The van der Waals surface area contributed by atoms with Crippen molar-refractivity contribution in [1.82, 2.24) is 35.1 Å². The van der Waals surface area contributed by atoms with Crippen molar-refractivity contribution in [3.05, 3.63) is 119 Å². The summed E-state index contributed by atoms with van der Waals surface area (Å²) in [4.78, 5) is 59.9. The smallest absolute Gasteiger partial charge is 0.410 e. The van der Waals surface area contributed by atoms with Gasteiger partial charge in [0.25, 0.3) is 5.91 Å². The minimum Gasteiger partial charge on any atom is -0.453 e. The number of alkyl carbamates (subject to hydrolysis) is 1. The lowest BCUT2D eigenvalue weighted by molar-refractivity contribution is -0.134. The van der Waals surface area contributed by atoms with Crippen molar-refractivity contribution in [2.45, 2.75) is 101 Å². The number of amides is 3. The van der Waals surface area contributed by atoms with Gasteiger partial charge >= 0.3 is 12.2 Å². The maximum absolute atomic E-state index is 14.1. The van der Waals surface area contributed by atoms with Gasteiger partial charge in [-0.15, -0.1) is 0 Å². The van der Waals surface area contributed by atoms with Crippen LogP contribution < -0.4 is 5.32 Å². The van der Waals surface area contributed by atoms with Gasteiger partial charge in [-0.2, -0.15) is 0 Å². The van der Waals surface area contributed by atoms with Gasteiger partial charge in [-0.25, -0.2) is 19.6 Å². The molecule has 3 N–H and O–H groups in total. The average molecular weight is 832 g/mol. The predicted octanol–water partition coefficient (Wildman–Crippen LogP) is 10.5. The van der Waals surface area contributed by atoms with Crippen LogP contribution in [0.2, 0.25) is 0 Å². The fraction of sp³-hybridized carbons (Fsp3) is 0.380. The van der Waals surface area contributed by atoms with Crippen LogP contribution in [0.1, 0.15) is 124 Å². The number of imidazole rings is 2. The summed E-state index contributed by atoms with van der Waals surface area (Å²) in [6.45, 7) is 6.91. The number of nitrogens with one attached hydrogen (secondary N) is 3. The van der Waals surface area contributed by atoms with E-state index in [9.17, 15) is 14.4 Å². The van der Waals surface area contributed by atoms with E-state index < -0.39 is 17.7 Å². The van der Waals surface area contributed by atoms with Crippen molar-refractivity contribution < 1.29 is 23.9 Å². The first-order valence-corrected chi connectivity index (χ1v) is 22.0. The molecule has 2 bridgehead atoms. The second-order valence-electron chi connectivity index (χ2n) is 18.3. The molecular weight excluding hydrogens is 779 g/mol. The number of carbonyl (C=O) groups is 3. The maximum Gasteiger partial charge on any atom is 0.410 e. The lowest BCUT2D eigenvalue weighted by Gasteiger charge is -2.28. The molecule has 12 nitrogen and oxygen atoms in total. The Labute approximate surface area is 361 Å². The van der Waals surface area contributed by atoms with Gasteiger partial charge in [0.05, 0.1) is 42.1 Å². The van der Waals surface area contributed by atoms with Crippen molar-refractivity contribution in [2.75, 3.05) is 20.2 Å². The number of H-pyrrole nitrogens is 2. The summed E-state index contributed by atoms with van der Waals surface area (Å²) in [5, 5.41) is 2.76. The first-order valence-electron chi connectivity index (χ1n) is 22.0. The summed E-state index contributed by atoms with van der Waals surface area (Å²) in [7, 11) is 1.30. The predicted molar refractivity (Wildman–Crippen MR) is 237 cm³/mol. The molecule has 3 amide bonds. The monoisotopic (exact) mass is 831 g/mol. The Morgan fingerprint density at radius 1 is 0.758 bits per heavy atom. The number of nitrogens with zero attached hydrogens (tertiary/aromatic N) is 4. The third-order valence-electron chi connectivity index (χ3n) is 13.3. The molecule has 2 aliphatic heterocycles. The molecule has 0 spiro atoms. The quantitative estimate of drug-likeness (QED) is 0.138. The molecule has 4 unspecified atom stereocenters. The van der Waals surface area contributed by atoms with Gasteiger partial charge in [0.15, 0.2) is 0 Å². The van der Waals surface area contributed by atoms with Gasteiger partial charge in [-0.3, -0.25) is 9.69 Å². The summed E-state index contributed by atoms with van der Waals surface area (Å²) in [5.41, 5.74) is 11.8. The van der Waals surface area contributed by atoms with Crippen LogP contribution >= 0.6 is 0 Å². The highest BCUT2D eigenvalue weighted by molar-refractivity contribution is 5.89. The molecule has 6 aromatic rings. The Morgan fingerprint density at radius 3 is 2.10 bits per heavy atom. The number of hydrogen-bond donors (Lipinski definition) is 3. The fourth-order valence-electron chi connectivity index (χ4n) is 10.5. The molecule has 4 aromatic carbocycles. The van der Waals surface area contributed by atoms with Crippen molar-refractivity contribution >= 4 is 29.1 Å². The van der Waals surface area contributed by atoms with Gasteiger partial charge in [-0.05, 0) is 134 Å². The Kier molecular flexibility index (Phi) is 10.1. The summed E-state index contributed by atoms with van der Waals surface area (Å²) in [6.07, 6.45) is 7.90. The number of aromatic amines is 2. The molecule has 1 saturated carbocycles. The number of ether oxygens (including phenoxy) is 2. The number of aromatic nitrogens is 4. The van der Waals surface area contributed by atoms with Crippen molar-refractivity contribution in [3.8, 4) is 33.5 Å². The largest absolute Gasteiger partial charge is 0.453 e. The Bertz CT molecular complexity index is 2660. The van der Waals surface area contributed by atoms with Gasteiger partial charge in [0, 0.05) is 13.1 Å². The van der Waals surface area contributed by atoms with Crippen LogP contribution in [0.15, 0.2) is 91.1 Å². The molecule has 0 radical (unpaired) electrons. The van der Waals surface area contributed by atoms with Crippen LogP contribution in [0.3, 0.4) is 0 Å². The second kappa shape index (κ2) is 15.8. The molecule has 5 atom stereocenters. The standard InChI is InChI=1S/C50H53N7O5/c1-50(2,3)62-49(60)57-25-9-12-40(57)45-51-28-39(54-45)30-16-14-29(15-17-30)35-21-22-36(43-34-19-18-33(26-34)42(35)43)32-20-23-37-38(27-32)53-46(52-37)41-13-8-24-56(41)47(58)44(55-48(59)61-4)31-10-6-5-7-11-31/h5-7,10-11,14-17,20-23,27-28,33-34,40-41,44H,8-9,12-13,18-19,24-26H2,1-4H3,(H,51,54)(H,52,53)(H,55,59)/t33?,34?,40?,41?,44-/m0/s1. The third kappa shape index (κ3) is 7.28. The first-order chi connectivity index (χ1) is 30.0. The molecule has 10 rings (SSSR count). The van der Waals surface area contributed by atoms with Crippen LogP contribution in [0.5, 0.6) is 0 Å². The molecule has 3 fully saturated rings. The number of methoxy groups -OCH3 is 1. The SMILES string of the molecule is COC(=O)N[C@H](C(=O)N1CCCC1c1nc2ccc(-c3ccc(-c4ccc(-c5cnc(C6CCCN6C(=O)OC(C)(C)C)[nH]5)cc4)c4c3C3CCC4C3)cc2[nH]1)c1ccccc1. The normalized spacial score (nSPS) is 21.0. The van der Waals surface area contributed by atoms with Crippen LogP contribution in [-0.4, -0.2) is 73.6 Å². The highest BCUT2D eigenvalue weighted by Gasteiger charge is 2.41. The van der Waals surface area contributed by atoms with Crippen LogP contribution in [0.4, 0.5) is 9.59 Å². The molecule has 2 aliphatic carbocycles. The minimum absolute atomic E-state index is 0.129. The van der Waals surface area contributed by atoms with Crippen LogP contribution in [0, 0.1) is 0 Å². The van der Waals surface area contributed by atoms with E-state index in [0.29, 0.717) is 30.5 Å². The van der Waals surface area contributed by atoms with Gasteiger partial charge in [-0.1, -0.05) is 72.8 Å². The molecule has 2 aromatic heterocycles. The number of hydrogen-bond acceptors (Lipinski definition) is 7. The van der Waals surface area contributed by atoms with Gasteiger partial charge in [0.1, 0.15) is 23.3 Å². The van der Waals surface area contributed by atoms with Crippen molar-refractivity contribution in [3.63, 3.8) is 0 Å². The zero-order valence-electron chi connectivity index (χ0n) is 35.7. The van der Waals surface area contributed by atoms with E-state index in [1.54, 1.807) is 4.90 Å². The number of rotatable bonds is 8. The molecule has 62 heavy (non-hydrogen) atoms. The second-order valence-corrected chi connectivity index (χ2v) is 18.3. The number of carbonyl (C=O) groups excluding carboxylic acids is 3. The zero-order valence-corrected chi connectivity index (χ0v) is 35.7. The van der Waals surface area contributed by atoms with E-state index >= 15 is 0 Å². The molecular formula is C50H53N7O5. The fourth-order valence-corrected chi connectivity index (χ4v) is 10.5. The Morgan fingerprint density at radius 2 is 1.40 bits per heavy atom. The van der Waals surface area contributed by atoms with E-state index in [0.717, 1.165) is 65.2 Å². The van der Waals surface area contributed by atoms with Gasteiger partial charge in [0.2, 0.25) is 0 Å².